The van der Waals surface area contributed by atoms with E-state index in [1.165, 1.54) is 12.1 Å². The Morgan fingerprint density at radius 2 is 1.94 bits per heavy atom. The van der Waals surface area contributed by atoms with Crippen LogP contribution in [0.1, 0.15) is 54.5 Å². The summed E-state index contributed by atoms with van der Waals surface area (Å²) in [5.41, 5.74) is 0.910. The van der Waals surface area contributed by atoms with Crippen molar-refractivity contribution in [2.24, 2.45) is 5.92 Å². The smallest absolute Gasteiger partial charge is 0.339 e. The molecular formula is C28H29NO7. The number of hydrogen-bond acceptors (Lipinski definition) is 7. The van der Waals surface area contributed by atoms with Gasteiger partial charge in [-0.2, -0.15) is 0 Å². The normalized spacial score (nSPS) is 26.5. The van der Waals surface area contributed by atoms with E-state index in [9.17, 15) is 15.0 Å². The van der Waals surface area contributed by atoms with Gasteiger partial charge in [-0.15, -0.1) is 0 Å². The summed E-state index contributed by atoms with van der Waals surface area (Å²) in [7, 11) is 0. The summed E-state index contributed by atoms with van der Waals surface area (Å²) in [5.74, 6) is 0.722. The summed E-state index contributed by atoms with van der Waals surface area (Å²) in [6.45, 7) is 5.63. The van der Waals surface area contributed by atoms with Crippen molar-refractivity contribution < 1.29 is 34.0 Å². The van der Waals surface area contributed by atoms with Crippen molar-refractivity contribution >= 4 is 5.97 Å². The first kappa shape index (κ1) is 22.9. The van der Waals surface area contributed by atoms with Gasteiger partial charge in [0, 0.05) is 29.6 Å². The molecule has 0 unspecified atom stereocenters. The molecule has 2 aromatic carbocycles. The molecule has 4 atom stereocenters. The molecule has 2 fully saturated rings. The van der Waals surface area contributed by atoms with Crippen molar-refractivity contribution in [3.63, 3.8) is 0 Å². The average Bonchev–Trinajstić information content (AvgIpc) is 3.46. The van der Waals surface area contributed by atoms with Crippen LogP contribution in [-0.2, 0) is 11.3 Å². The van der Waals surface area contributed by atoms with E-state index in [0.717, 1.165) is 30.7 Å². The third-order valence-electron chi connectivity index (χ3n) is 7.90. The number of rotatable bonds is 4. The van der Waals surface area contributed by atoms with Crippen LogP contribution in [0.5, 0.6) is 17.2 Å². The molecule has 0 radical (unpaired) electrons. The van der Waals surface area contributed by atoms with Gasteiger partial charge in [0.2, 0.25) is 0 Å². The monoisotopic (exact) mass is 491 g/mol. The van der Waals surface area contributed by atoms with Gasteiger partial charge in [0.15, 0.2) is 11.5 Å². The highest BCUT2D eigenvalue weighted by Crippen LogP contribution is 2.54. The lowest BCUT2D eigenvalue weighted by atomic mass is 9.74. The molecule has 3 aliphatic rings. The van der Waals surface area contributed by atoms with Crippen molar-refractivity contribution in [1.82, 2.24) is 4.90 Å². The summed E-state index contributed by atoms with van der Waals surface area (Å²) >= 11 is 0. The lowest BCUT2D eigenvalue weighted by molar-refractivity contribution is -0.163. The number of phenolic OH excluding ortho intramolecular Hbond substituents is 1. The van der Waals surface area contributed by atoms with Gasteiger partial charge < -0.3 is 29.2 Å². The predicted molar refractivity (Wildman–Crippen MR) is 130 cm³/mol. The fourth-order valence-electron chi connectivity index (χ4n) is 6.05. The fourth-order valence-corrected chi connectivity index (χ4v) is 6.05. The van der Waals surface area contributed by atoms with Gasteiger partial charge in [-0.3, -0.25) is 4.90 Å². The van der Waals surface area contributed by atoms with Crippen molar-refractivity contribution in [1.29, 1.82) is 0 Å². The zero-order valence-electron chi connectivity index (χ0n) is 20.2. The summed E-state index contributed by atoms with van der Waals surface area (Å²) in [6.07, 6.45) is 1.80. The number of carbonyl (C=O) groups is 1. The Morgan fingerprint density at radius 1 is 1.11 bits per heavy atom. The zero-order valence-corrected chi connectivity index (χ0v) is 20.2. The van der Waals surface area contributed by atoms with E-state index in [1.54, 1.807) is 12.1 Å². The van der Waals surface area contributed by atoms with Crippen molar-refractivity contribution in [3.8, 4) is 28.6 Å². The Bertz CT molecular complexity index is 1330. The van der Waals surface area contributed by atoms with E-state index < -0.39 is 11.6 Å². The first-order chi connectivity index (χ1) is 17.2. The van der Waals surface area contributed by atoms with Gasteiger partial charge in [-0.05, 0) is 57.0 Å². The first-order valence-electron chi connectivity index (χ1n) is 12.3. The molecule has 4 heterocycles. The summed E-state index contributed by atoms with van der Waals surface area (Å²) in [6, 6.07) is 13.9. The number of nitrogens with zero attached hydrogens (tertiary/aromatic N) is 1. The number of ether oxygens (including phenoxy) is 2. The van der Waals surface area contributed by atoms with Crippen molar-refractivity contribution in [3.05, 3.63) is 65.4 Å². The third-order valence-corrected chi connectivity index (χ3v) is 7.90. The van der Waals surface area contributed by atoms with Crippen LogP contribution in [0.4, 0.5) is 0 Å². The zero-order chi connectivity index (χ0) is 25.2. The second kappa shape index (κ2) is 8.28. The summed E-state index contributed by atoms with van der Waals surface area (Å²) in [5, 5.41) is 29.5. The summed E-state index contributed by atoms with van der Waals surface area (Å²) in [4.78, 5) is 13.6. The maximum absolute atomic E-state index is 11.2. The first-order valence-corrected chi connectivity index (χ1v) is 12.3. The molecule has 1 aromatic heterocycles. The van der Waals surface area contributed by atoms with Gasteiger partial charge in [0.05, 0.1) is 18.8 Å². The molecule has 8 heteroatoms. The summed E-state index contributed by atoms with van der Waals surface area (Å²) < 4.78 is 19.0. The van der Waals surface area contributed by atoms with Gasteiger partial charge in [-0.1, -0.05) is 18.2 Å². The lowest BCUT2D eigenvalue weighted by Gasteiger charge is -2.50. The van der Waals surface area contributed by atoms with Crippen LogP contribution < -0.4 is 4.74 Å². The fraction of sp³-hybridized carbons (Fsp3) is 0.393. The molecule has 8 nitrogen and oxygen atoms in total. The van der Waals surface area contributed by atoms with Crippen molar-refractivity contribution in [2.75, 3.05) is 6.54 Å². The molecule has 0 bridgehead atoms. The molecule has 0 spiro atoms. The number of likely N-dealkylation sites (tertiary alicyclic amines) is 1. The minimum atomic E-state index is -1.17. The van der Waals surface area contributed by atoms with Gasteiger partial charge in [0.25, 0.3) is 0 Å². The quantitative estimate of drug-likeness (QED) is 0.470. The van der Waals surface area contributed by atoms with E-state index in [-0.39, 0.29) is 41.2 Å². The third kappa shape index (κ3) is 3.72. The van der Waals surface area contributed by atoms with E-state index >= 15 is 0 Å². The van der Waals surface area contributed by atoms with E-state index in [1.807, 2.05) is 24.3 Å². The second-order valence-electron chi connectivity index (χ2n) is 10.5. The number of aromatic carboxylic acids is 1. The Morgan fingerprint density at radius 3 is 2.72 bits per heavy atom. The number of benzene rings is 2. The number of aromatic hydroxyl groups is 2. The number of phenols is 2. The van der Waals surface area contributed by atoms with Crippen LogP contribution in [-0.4, -0.2) is 50.5 Å². The molecule has 0 aliphatic carbocycles. The molecule has 0 saturated carbocycles. The largest absolute Gasteiger partial charge is 0.507 e. The molecule has 6 rings (SSSR count). The van der Waals surface area contributed by atoms with Gasteiger partial charge in [-0.25, -0.2) is 4.79 Å². The van der Waals surface area contributed by atoms with E-state index in [2.05, 4.69) is 18.7 Å². The maximum Gasteiger partial charge on any atom is 0.339 e. The molecular weight excluding hydrogens is 462 g/mol. The van der Waals surface area contributed by atoms with Gasteiger partial charge in [0.1, 0.15) is 28.4 Å². The molecule has 3 aliphatic heterocycles. The topological polar surface area (TPSA) is 113 Å². The highest BCUT2D eigenvalue weighted by molar-refractivity contribution is 5.91. The molecule has 2 saturated heterocycles. The number of carboxylic acids is 1. The average molecular weight is 492 g/mol. The van der Waals surface area contributed by atoms with Crippen LogP contribution in [0.15, 0.2) is 52.9 Å². The maximum atomic E-state index is 11.2. The molecule has 3 N–H and O–H groups in total. The van der Waals surface area contributed by atoms with Crippen LogP contribution >= 0.6 is 0 Å². The van der Waals surface area contributed by atoms with Crippen LogP contribution in [0.3, 0.4) is 0 Å². The second-order valence-corrected chi connectivity index (χ2v) is 10.5. The number of carboxylic acid groups (broad SMARTS) is 1. The minimum absolute atomic E-state index is 0.0882. The van der Waals surface area contributed by atoms with E-state index in [4.69, 9.17) is 19.0 Å². The SMILES string of the molecule is CC1(C)Oc2c(O)cccc2[C@H]2O[C@H]3CCN(Cc4ccc(-c5ccc(C(=O)O)c(O)c5)o4)[C@H]3C[C@@H]21. The van der Waals surface area contributed by atoms with Crippen molar-refractivity contribution in [2.45, 2.75) is 57.1 Å². The number of para-hydroxylation sites is 1. The molecule has 0 amide bonds. The lowest BCUT2D eigenvalue weighted by Crippen LogP contribution is -2.53. The standard InChI is InChI=1S/C28H29NO7/c1-28(2)19-13-20-24(35-25(19)18-4-3-5-21(30)26(18)36-28)10-11-29(20)14-16-7-9-23(34-16)15-6-8-17(27(32)33)22(31)12-15/h3-9,12,19-20,24-25,30-31H,10-11,13-14H2,1-2H3,(H,32,33)/t19-,20-,24-,25+/m0/s1. The Labute approximate surface area is 208 Å². The van der Waals surface area contributed by atoms with Crippen LogP contribution in [0.25, 0.3) is 11.3 Å². The molecule has 3 aromatic rings. The Kier molecular flexibility index (Phi) is 5.28. The number of furan rings is 1. The predicted octanol–water partition coefficient (Wildman–Crippen LogP) is 4.95. The number of hydrogen-bond donors (Lipinski definition) is 3. The molecule has 188 valence electrons. The Hall–Kier alpha value is -3.49. The van der Waals surface area contributed by atoms with E-state index in [0.29, 0.717) is 23.6 Å². The number of fused-ring (bicyclic) bond motifs is 4. The van der Waals surface area contributed by atoms with Crippen LogP contribution in [0.2, 0.25) is 0 Å². The van der Waals surface area contributed by atoms with Gasteiger partial charge >= 0.3 is 5.97 Å². The van der Waals surface area contributed by atoms with Crippen LogP contribution in [0, 0.1) is 5.92 Å². The Balaban J connectivity index is 1.20. The molecule has 36 heavy (non-hydrogen) atoms. The minimum Gasteiger partial charge on any atom is -0.507 e. The highest BCUT2D eigenvalue weighted by atomic mass is 16.5. The highest BCUT2D eigenvalue weighted by Gasteiger charge is 2.53.